The van der Waals surface area contributed by atoms with Gasteiger partial charge in [-0.25, -0.2) is 0 Å². The van der Waals surface area contributed by atoms with Crippen LogP contribution >= 0.6 is 0 Å². The van der Waals surface area contributed by atoms with Gasteiger partial charge in [0.25, 0.3) is 5.69 Å². The molecule has 0 bridgehead atoms. The zero-order valence-corrected chi connectivity index (χ0v) is 22.0. The summed E-state index contributed by atoms with van der Waals surface area (Å²) in [4.78, 5) is 25.1. The molecule has 1 saturated heterocycles. The van der Waals surface area contributed by atoms with Crippen LogP contribution in [0, 0.1) is 22.0 Å². The molecule has 8 nitrogen and oxygen atoms in total. The van der Waals surface area contributed by atoms with Crippen molar-refractivity contribution >= 4 is 23.0 Å². The molecule has 1 saturated carbocycles. The maximum absolute atomic E-state index is 13.3. The van der Waals surface area contributed by atoms with E-state index in [9.17, 15) is 28.1 Å². The number of alkyl halides is 3. The van der Waals surface area contributed by atoms with E-state index in [1.807, 2.05) is 19.1 Å². The standard InChI is InChI=1S/C28H35F3N4O4/c1-2-39-24-10-8-23(9-11-24)34-15-13-19(14-16-34)18-32-27(36)20-3-5-21(6-4-20)33-22-7-12-26(35(37)38)25(17-22)28(29,30)31/h7-12,17,19-21,33H,2-6,13-16,18H2,1H3,(H,32,36). The molecule has 2 fully saturated rings. The number of nitrogens with one attached hydrogen (secondary N) is 2. The highest BCUT2D eigenvalue weighted by Gasteiger charge is 2.38. The Morgan fingerprint density at radius 1 is 1.05 bits per heavy atom. The SMILES string of the molecule is CCOc1ccc(N2CCC(CNC(=O)C3CCC(Nc4ccc([N+](=O)[O-])c(C(F)(F)F)c4)CC3)CC2)cc1. The van der Waals surface area contributed by atoms with Crippen LogP contribution < -0.4 is 20.3 Å². The Bertz CT molecular complexity index is 1130. The highest BCUT2D eigenvalue weighted by Crippen LogP contribution is 2.38. The fourth-order valence-electron chi connectivity index (χ4n) is 5.45. The van der Waals surface area contributed by atoms with Crippen LogP contribution in [0.25, 0.3) is 0 Å². The predicted molar refractivity (Wildman–Crippen MR) is 143 cm³/mol. The number of rotatable bonds is 9. The number of benzene rings is 2. The van der Waals surface area contributed by atoms with Gasteiger partial charge in [0.05, 0.1) is 11.5 Å². The first-order valence-corrected chi connectivity index (χ1v) is 13.5. The van der Waals surface area contributed by atoms with Crippen LogP contribution in [-0.2, 0) is 11.0 Å². The summed E-state index contributed by atoms with van der Waals surface area (Å²) in [6.07, 6.45) is -0.272. The number of ether oxygens (including phenoxy) is 1. The molecule has 2 aliphatic rings. The van der Waals surface area contributed by atoms with Gasteiger partial charge in [-0.1, -0.05) is 0 Å². The number of carbonyl (C=O) groups excluding carboxylic acids is 1. The van der Waals surface area contributed by atoms with Gasteiger partial charge in [-0.2, -0.15) is 13.2 Å². The van der Waals surface area contributed by atoms with E-state index >= 15 is 0 Å². The molecule has 0 unspecified atom stereocenters. The summed E-state index contributed by atoms with van der Waals surface area (Å²) in [5.41, 5.74) is -0.863. The first-order chi connectivity index (χ1) is 18.6. The van der Waals surface area contributed by atoms with E-state index in [0.717, 1.165) is 43.8 Å². The van der Waals surface area contributed by atoms with Crippen LogP contribution in [0.3, 0.4) is 0 Å². The summed E-state index contributed by atoms with van der Waals surface area (Å²) in [5, 5.41) is 17.2. The molecule has 1 amide bonds. The third-order valence-electron chi connectivity index (χ3n) is 7.66. The molecule has 11 heteroatoms. The highest BCUT2D eigenvalue weighted by molar-refractivity contribution is 5.78. The third-order valence-corrected chi connectivity index (χ3v) is 7.66. The average molecular weight is 549 g/mol. The van der Waals surface area contributed by atoms with Crippen LogP contribution in [0.1, 0.15) is 51.0 Å². The largest absolute Gasteiger partial charge is 0.494 e. The molecule has 39 heavy (non-hydrogen) atoms. The summed E-state index contributed by atoms with van der Waals surface area (Å²) in [7, 11) is 0. The zero-order chi connectivity index (χ0) is 28.0. The fourth-order valence-corrected chi connectivity index (χ4v) is 5.45. The van der Waals surface area contributed by atoms with Gasteiger partial charge >= 0.3 is 6.18 Å². The van der Waals surface area contributed by atoms with Crippen molar-refractivity contribution < 1.29 is 27.6 Å². The molecule has 2 aromatic rings. The molecular formula is C28H35F3N4O4. The van der Waals surface area contributed by atoms with Crippen molar-refractivity contribution in [1.82, 2.24) is 5.32 Å². The van der Waals surface area contributed by atoms with Crippen LogP contribution in [0.5, 0.6) is 5.75 Å². The van der Waals surface area contributed by atoms with Crippen molar-refractivity contribution in [2.45, 2.75) is 57.7 Å². The van der Waals surface area contributed by atoms with Gasteiger partial charge in [0.15, 0.2) is 0 Å². The van der Waals surface area contributed by atoms with Crippen LogP contribution in [0.2, 0.25) is 0 Å². The van der Waals surface area contributed by atoms with Crippen LogP contribution in [-0.4, -0.2) is 43.1 Å². The minimum Gasteiger partial charge on any atom is -0.494 e. The number of amides is 1. The van der Waals surface area contributed by atoms with Gasteiger partial charge in [0.1, 0.15) is 11.3 Å². The molecule has 0 spiro atoms. The van der Waals surface area contributed by atoms with Crippen molar-refractivity contribution in [2.24, 2.45) is 11.8 Å². The van der Waals surface area contributed by atoms with Crippen LogP contribution in [0.4, 0.5) is 30.2 Å². The number of halogens is 3. The summed E-state index contributed by atoms with van der Waals surface area (Å²) in [6, 6.07) is 11.0. The third kappa shape index (κ3) is 7.54. The summed E-state index contributed by atoms with van der Waals surface area (Å²) < 4.78 is 45.3. The van der Waals surface area contributed by atoms with E-state index < -0.39 is 22.4 Å². The van der Waals surface area contributed by atoms with Crippen molar-refractivity contribution in [3.05, 3.63) is 58.1 Å². The van der Waals surface area contributed by atoms with Gasteiger partial charge in [0, 0.05) is 49.0 Å². The molecule has 212 valence electrons. The Labute approximate surface area is 226 Å². The predicted octanol–water partition coefficient (Wildman–Crippen LogP) is 6.02. The lowest BCUT2D eigenvalue weighted by atomic mass is 9.85. The van der Waals surface area contributed by atoms with E-state index in [1.165, 1.54) is 11.8 Å². The van der Waals surface area contributed by atoms with E-state index in [1.54, 1.807) is 0 Å². The van der Waals surface area contributed by atoms with Gasteiger partial charge in [-0.05, 0) is 87.8 Å². The monoisotopic (exact) mass is 548 g/mol. The Kier molecular flexibility index (Phi) is 9.19. The molecular weight excluding hydrogens is 513 g/mol. The molecule has 1 heterocycles. The second-order valence-corrected chi connectivity index (χ2v) is 10.3. The maximum atomic E-state index is 13.3. The van der Waals surface area contributed by atoms with E-state index in [-0.39, 0.29) is 23.6 Å². The number of nitro groups is 1. The van der Waals surface area contributed by atoms with Crippen LogP contribution in [0.15, 0.2) is 42.5 Å². The first kappa shape index (κ1) is 28.5. The summed E-state index contributed by atoms with van der Waals surface area (Å²) in [6.45, 7) is 5.12. The Morgan fingerprint density at radius 2 is 1.72 bits per heavy atom. The van der Waals surface area contributed by atoms with Crippen molar-refractivity contribution in [3.63, 3.8) is 0 Å². The Morgan fingerprint density at radius 3 is 2.31 bits per heavy atom. The minimum atomic E-state index is -4.82. The molecule has 1 aliphatic carbocycles. The Balaban J connectivity index is 1.19. The van der Waals surface area contributed by atoms with E-state index in [4.69, 9.17) is 4.74 Å². The van der Waals surface area contributed by atoms with Gasteiger partial charge in [-0.15, -0.1) is 0 Å². The number of nitrogens with zero attached hydrogens (tertiary/aromatic N) is 2. The molecule has 0 atom stereocenters. The first-order valence-electron chi connectivity index (χ1n) is 13.5. The number of carbonyl (C=O) groups is 1. The van der Waals surface area contributed by atoms with Crippen molar-refractivity contribution in [3.8, 4) is 5.75 Å². The smallest absolute Gasteiger partial charge is 0.423 e. The van der Waals surface area contributed by atoms with E-state index in [0.29, 0.717) is 44.8 Å². The summed E-state index contributed by atoms with van der Waals surface area (Å²) in [5.74, 6) is 1.22. The molecule has 2 aromatic carbocycles. The zero-order valence-electron chi connectivity index (χ0n) is 22.0. The topological polar surface area (TPSA) is 96.7 Å². The molecule has 0 aromatic heterocycles. The number of piperidine rings is 1. The molecule has 4 rings (SSSR count). The van der Waals surface area contributed by atoms with Crippen molar-refractivity contribution in [2.75, 3.05) is 36.5 Å². The lowest BCUT2D eigenvalue weighted by Gasteiger charge is -2.34. The summed E-state index contributed by atoms with van der Waals surface area (Å²) >= 11 is 0. The highest BCUT2D eigenvalue weighted by atomic mass is 19.4. The number of hydrogen-bond acceptors (Lipinski definition) is 6. The lowest BCUT2D eigenvalue weighted by molar-refractivity contribution is -0.388. The van der Waals surface area contributed by atoms with E-state index in [2.05, 4.69) is 27.7 Å². The lowest BCUT2D eigenvalue weighted by Crippen LogP contribution is -2.41. The van der Waals surface area contributed by atoms with Gasteiger partial charge < -0.3 is 20.3 Å². The quantitative estimate of drug-likeness (QED) is 0.294. The van der Waals surface area contributed by atoms with Gasteiger partial charge in [0.2, 0.25) is 5.91 Å². The Hall–Kier alpha value is -3.50. The normalized spacial score (nSPS) is 20.4. The fraction of sp³-hybridized carbons (Fsp3) is 0.536. The average Bonchev–Trinajstić information content (AvgIpc) is 2.92. The number of anilines is 2. The molecule has 1 aliphatic heterocycles. The minimum absolute atomic E-state index is 0.0390. The van der Waals surface area contributed by atoms with Gasteiger partial charge in [-0.3, -0.25) is 14.9 Å². The number of nitro benzene ring substituents is 1. The maximum Gasteiger partial charge on any atom is 0.423 e. The molecule has 0 radical (unpaired) electrons. The van der Waals surface area contributed by atoms with Crippen molar-refractivity contribution in [1.29, 1.82) is 0 Å². The number of hydrogen-bond donors (Lipinski definition) is 2. The second kappa shape index (κ2) is 12.6. The second-order valence-electron chi connectivity index (χ2n) is 10.3. The molecule has 2 N–H and O–H groups in total.